The van der Waals surface area contributed by atoms with Gasteiger partial charge in [0.25, 0.3) is 5.91 Å². The highest BCUT2D eigenvalue weighted by molar-refractivity contribution is 5.78. The number of benzene rings is 1. The number of nitro benzene ring substituents is 1. The molecular formula is C15H15N3O4. The van der Waals surface area contributed by atoms with E-state index in [4.69, 9.17) is 4.74 Å². The standard InChI is InChI=1S/C15H15N3O4/c1-11(12-6-4-5-9-16-12)17-15(19)10-22-14-8-3-2-7-13(14)18(20)21/h2-9,11H,10H2,1H3,(H,17,19)/t11-/m0/s1. The minimum absolute atomic E-state index is 0.0631. The van der Waals surface area contributed by atoms with E-state index >= 15 is 0 Å². The molecule has 0 unspecified atom stereocenters. The van der Waals surface area contributed by atoms with Crippen molar-refractivity contribution in [3.8, 4) is 5.75 Å². The molecule has 0 aliphatic rings. The van der Waals surface area contributed by atoms with Crippen molar-refractivity contribution in [3.63, 3.8) is 0 Å². The Bertz CT molecular complexity index is 661. The van der Waals surface area contributed by atoms with Crippen LogP contribution in [-0.2, 0) is 4.79 Å². The summed E-state index contributed by atoms with van der Waals surface area (Å²) in [6.07, 6.45) is 1.64. The van der Waals surface area contributed by atoms with Gasteiger partial charge >= 0.3 is 5.69 Å². The average molecular weight is 301 g/mol. The highest BCUT2D eigenvalue weighted by Gasteiger charge is 2.16. The van der Waals surface area contributed by atoms with E-state index in [1.54, 1.807) is 31.3 Å². The number of para-hydroxylation sites is 2. The largest absolute Gasteiger partial charge is 0.477 e. The van der Waals surface area contributed by atoms with E-state index < -0.39 is 4.92 Å². The summed E-state index contributed by atoms with van der Waals surface area (Å²) < 4.78 is 5.22. The number of hydrogen-bond acceptors (Lipinski definition) is 5. The van der Waals surface area contributed by atoms with E-state index in [0.29, 0.717) is 0 Å². The van der Waals surface area contributed by atoms with Crippen molar-refractivity contribution in [2.75, 3.05) is 6.61 Å². The summed E-state index contributed by atoms with van der Waals surface area (Å²) in [6, 6.07) is 11.1. The van der Waals surface area contributed by atoms with Gasteiger partial charge in [0.2, 0.25) is 0 Å². The number of pyridine rings is 1. The smallest absolute Gasteiger partial charge is 0.310 e. The van der Waals surface area contributed by atoms with Crippen molar-refractivity contribution in [1.82, 2.24) is 10.3 Å². The van der Waals surface area contributed by atoms with Crippen LogP contribution < -0.4 is 10.1 Å². The Kier molecular flexibility index (Phi) is 5.02. The van der Waals surface area contributed by atoms with Gasteiger partial charge in [-0.1, -0.05) is 18.2 Å². The molecule has 2 rings (SSSR count). The molecule has 0 saturated heterocycles. The summed E-state index contributed by atoms with van der Waals surface area (Å²) in [6.45, 7) is 1.49. The molecule has 22 heavy (non-hydrogen) atoms. The van der Waals surface area contributed by atoms with Gasteiger partial charge in [0, 0.05) is 12.3 Å². The first-order valence-electron chi connectivity index (χ1n) is 6.64. The molecule has 1 aromatic carbocycles. The summed E-state index contributed by atoms with van der Waals surface area (Å²) >= 11 is 0. The third-order valence-corrected chi connectivity index (χ3v) is 2.93. The van der Waals surface area contributed by atoms with Crippen LogP contribution in [0.2, 0.25) is 0 Å². The van der Waals surface area contributed by atoms with Gasteiger partial charge in [-0.05, 0) is 25.1 Å². The molecule has 0 fully saturated rings. The molecule has 7 heteroatoms. The zero-order valence-corrected chi connectivity index (χ0v) is 11.9. The lowest BCUT2D eigenvalue weighted by atomic mass is 10.2. The predicted octanol–water partition coefficient (Wildman–Crippen LogP) is 2.25. The molecule has 1 aromatic heterocycles. The van der Waals surface area contributed by atoms with Gasteiger partial charge < -0.3 is 10.1 Å². The minimum Gasteiger partial charge on any atom is -0.477 e. The zero-order chi connectivity index (χ0) is 15.9. The maximum atomic E-state index is 11.8. The molecule has 0 aliphatic carbocycles. The monoisotopic (exact) mass is 301 g/mol. The molecule has 0 aliphatic heterocycles. The number of aromatic nitrogens is 1. The van der Waals surface area contributed by atoms with E-state index in [2.05, 4.69) is 10.3 Å². The Labute approximate surface area is 127 Å². The average Bonchev–Trinajstić information content (AvgIpc) is 2.54. The first kappa shape index (κ1) is 15.4. The molecule has 0 bridgehead atoms. The van der Waals surface area contributed by atoms with Crippen LogP contribution in [0.5, 0.6) is 5.75 Å². The fraction of sp³-hybridized carbons (Fsp3) is 0.200. The Balaban J connectivity index is 1.92. The van der Waals surface area contributed by atoms with Gasteiger partial charge in [-0.3, -0.25) is 19.9 Å². The molecule has 0 saturated carbocycles. The fourth-order valence-electron chi connectivity index (χ4n) is 1.86. The molecule has 7 nitrogen and oxygen atoms in total. The normalized spacial score (nSPS) is 11.5. The van der Waals surface area contributed by atoms with E-state index in [-0.39, 0.29) is 30.0 Å². The molecule has 1 heterocycles. The second-order valence-corrected chi connectivity index (χ2v) is 4.56. The number of carbonyl (C=O) groups is 1. The molecule has 2 aromatic rings. The van der Waals surface area contributed by atoms with Crippen LogP contribution in [0.3, 0.4) is 0 Å². The van der Waals surface area contributed by atoms with Gasteiger partial charge in [-0.2, -0.15) is 0 Å². The van der Waals surface area contributed by atoms with Crippen molar-refractivity contribution < 1.29 is 14.5 Å². The predicted molar refractivity (Wildman–Crippen MR) is 79.4 cm³/mol. The summed E-state index contributed by atoms with van der Waals surface area (Å²) in [4.78, 5) is 26.3. The van der Waals surface area contributed by atoms with Crippen molar-refractivity contribution >= 4 is 11.6 Å². The lowest BCUT2D eigenvalue weighted by Gasteiger charge is -2.13. The number of hydrogen-bond donors (Lipinski definition) is 1. The summed E-state index contributed by atoms with van der Waals surface area (Å²) in [5, 5.41) is 13.6. The molecular weight excluding hydrogens is 286 g/mol. The topological polar surface area (TPSA) is 94.4 Å². The highest BCUT2D eigenvalue weighted by atomic mass is 16.6. The van der Waals surface area contributed by atoms with E-state index in [9.17, 15) is 14.9 Å². The summed E-state index contributed by atoms with van der Waals surface area (Å²) in [5.41, 5.74) is 0.551. The van der Waals surface area contributed by atoms with Crippen molar-refractivity contribution in [2.24, 2.45) is 0 Å². The van der Waals surface area contributed by atoms with Crippen LogP contribution in [-0.4, -0.2) is 22.4 Å². The van der Waals surface area contributed by atoms with E-state index in [1.807, 2.05) is 6.07 Å². The lowest BCUT2D eigenvalue weighted by Crippen LogP contribution is -2.31. The molecule has 1 amide bonds. The third-order valence-electron chi connectivity index (χ3n) is 2.93. The summed E-state index contributed by atoms with van der Waals surface area (Å²) in [7, 11) is 0. The maximum Gasteiger partial charge on any atom is 0.310 e. The van der Waals surface area contributed by atoms with Crippen LogP contribution in [0, 0.1) is 10.1 Å². The number of nitrogens with one attached hydrogen (secondary N) is 1. The second kappa shape index (κ2) is 7.16. The second-order valence-electron chi connectivity index (χ2n) is 4.56. The number of amides is 1. The summed E-state index contributed by atoms with van der Waals surface area (Å²) in [5.74, 6) is -0.315. The molecule has 0 radical (unpaired) electrons. The number of carbonyl (C=O) groups excluding carboxylic acids is 1. The van der Waals surface area contributed by atoms with Crippen molar-refractivity contribution in [2.45, 2.75) is 13.0 Å². The quantitative estimate of drug-likeness (QED) is 0.652. The van der Waals surface area contributed by atoms with E-state index in [0.717, 1.165) is 5.69 Å². The number of nitrogens with zero attached hydrogens (tertiary/aromatic N) is 2. The zero-order valence-electron chi connectivity index (χ0n) is 11.9. The van der Waals surface area contributed by atoms with Crippen LogP contribution in [0.1, 0.15) is 18.7 Å². The van der Waals surface area contributed by atoms with Crippen LogP contribution >= 0.6 is 0 Å². The van der Waals surface area contributed by atoms with Crippen molar-refractivity contribution in [1.29, 1.82) is 0 Å². The highest BCUT2D eigenvalue weighted by Crippen LogP contribution is 2.25. The first-order chi connectivity index (χ1) is 10.6. The Morgan fingerprint density at radius 3 is 2.73 bits per heavy atom. The molecule has 0 spiro atoms. The van der Waals surface area contributed by atoms with Gasteiger partial charge in [-0.25, -0.2) is 0 Å². The van der Waals surface area contributed by atoms with E-state index in [1.165, 1.54) is 18.2 Å². The van der Waals surface area contributed by atoms with Gasteiger partial charge in [-0.15, -0.1) is 0 Å². The SMILES string of the molecule is C[C@H](NC(=O)COc1ccccc1[N+](=O)[O-])c1ccccn1. The number of ether oxygens (including phenoxy) is 1. The Morgan fingerprint density at radius 1 is 1.32 bits per heavy atom. The Hall–Kier alpha value is -2.96. The first-order valence-corrected chi connectivity index (χ1v) is 6.64. The molecule has 114 valence electrons. The van der Waals surface area contributed by atoms with Crippen LogP contribution in [0.4, 0.5) is 5.69 Å². The maximum absolute atomic E-state index is 11.8. The molecule has 1 atom stereocenters. The van der Waals surface area contributed by atoms with Gasteiger partial charge in [0.15, 0.2) is 12.4 Å². The van der Waals surface area contributed by atoms with Crippen LogP contribution in [0.15, 0.2) is 48.7 Å². The number of rotatable bonds is 6. The van der Waals surface area contributed by atoms with Gasteiger partial charge in [0.1, 0.15) is 0 Å². The minimum atomic E-state index is -0.552. The van der Waals surface area contributed by atoms with Crippen LogP contribution in [0.25, 0.3) is 0 Å². The van der Waals surface area contributed by atoms with Crippen molar-refractivity contribution in [3.05, 3.63) is 64.5 Å². The van der Waals surface area contributed by atoms with Gasteiger partial charge in [0.05, 0.1) is 16.7 Å². The third kappa shape index (κ3) is 4.02. The Morgan fingerprint density at radius 2 is 2.05 bits per heavy atom. The number of nitro groups is 1. The lowest BCUT2D eigenvalue weighted by molar-refractivity contribution is -0.385. The fourth-order valence-corrected chi connectivity index (χ4v) is 1.86. The molecule has 1 N–H and O–H groups in total.